The number of benzene rings is 1. The van der Waals surface area contributed by atoms with Crippen LogP contribution in [-0.4, -0.2) is 17.1 Å². The summed E-state index contributed by atoms with van der Waals surface area (Å²) in [5.41, 5.74) is -1.56. The zero-order chi connectivity index (χ0) is 12.6. The second-order valence-corrected chi connectivity index (χ2v) is 3.21. The number of rotatable bonds is 2. The summed E-state index contributed by atoms with van der Waals surface area (Å²) in [6.07, 6.45) is 0. The van der Waals surface area contributed by atoms with Gasteiger partial charge in [0.25, 0.3) is 0 Å². The predicted molar refractivity (Wildman–Crippen MR) is 57.4 cm³/mol. The molecule has 1 aromatic heterocycles. The fourth-order valence-electron chi connectivity index (χ4n) is 1.49. The van der Waals surface area contributed by atoms with Gasteiger partial charge >= 0.3 is 11.3 Å². The van der Waals surface area contributed by atoms with Crippen molar-refractivity contribution in [3.63, 3.8) is 0 Å². The molecule has 7 nitrogen and oxygen atoms in total. The van der Waals surface area contributed by atoms with Crippen molar-refractivity contribution in [2.75, 3.05) is 7.11 Å². The van der Waals surface area contributed by atoms with Gasteiger partial charge in [-0.3, -0.25) is 10.1 Å². The molecule has 1 N–H and O–H groups in total. The lowest BCUT2D eigenvalue weighted by molar-refractivity contribution is -0.386. The number of nitrogens with zero attached hydrogens (tertiary/aromatic N) is 1. The van der Waals surface area contributed by atoms with E-state index in [0.717, 1.165) is 6.07 Å². The van der Waals surface area contributed by atoms with Gasteiger partial charge < -0.3 is 14.3 Å². The van der Waals surface area contributed by atoms with Gasteiger partial charge in [0.1, 0.15) is 0 Å². The monoisotopic (exact) mass is 237 g/mol. The number of aromatic hydroxyl groups is 1. The van der Waals surface area contributed by atoms with Crippen LogP contribution in [0.1, 0.15) is 0 Å². The lowest BCUT2D eigenvalue weighted by Gasteiger charge is -2.05. The fraction of sp³-hybridized carbons (Fsp3) is 0.100. The second-order valence-electron chi connectivity index (χ2n) is 3.21. The van der Waals surface area contributed by atoms with Crippen LogP contribution in [0.3, 0.4) is 0 Å². The molecular formula is C10H7NO6. The van der Waals surface area contributed by atoms with E-state index in [2.05, 4.69) is 0 Å². The molecule has 0 fully saturated rings. The normalized spacial score (nSPS) is 10.4. The number of nitro groups is 1. The molecule has 0 aliphatic carbocycles. The van der Waals surface area contributed by atoms with Gasteiger partial charge in [-0.25, -0.2) is 4.79 Å². The first-order chi connectivity index (χ1) is 8.04. The summed E-state index contributed by atoms with van der Waals surface area (Å²) >= 11 is 0. The molecule has 2 aromatic rings. The Kier molecular flexibility index (Phi) is 2.43. The Labute approximate surface area is 94.0 Å². The van der Waals surface area contributed by atoms with Crippen LogP contribution in [0.2, 0.25) is 0 Å². The number of phenolic OH excluding ortho intramolecular Hbond substituents is 1. The Hall–Kier alpha value is -2.57. The first-order valence-electron chi connectivity index (χ1n) is 4.53. The molecule has 0 saturated carbocycles. The van der Waals surface area contributed by atoms with Gasteiger partial charge in [0.2, 0.25) is 11.5 Å². The first kappa shape index (κ1) is 10.9. The molecule has 0 amide bonds. The van der Waals surface area contributed by atoms with Gasteiger partial charge in [0.15, 0.2) is 5.58 Å². The molecule has 2 rings (SSSR count). The van der Waals surface area contributed by atoms with Gasteiger partial charge in [-0.2, -0.15) is 0 Å². The molecule has 0 radical (unpaired) electrons. The maximum atomic E-state index is 11.0. The van der Waals surface area contributed by atoms with E-state index in [9.17, 15) is 20.0 Å². The SMILES string of the molecule is COc1cc2ccc(=O)oc2c(O)c1[N+](=O)[O-]. The summed E-state index contributed by atoms with van der Waals surface area (Å²) in [4.78, 5) is 21.0. The third kappa shape index (κ3) is 1.67. The number of ether oxygens (including phenoxy) is 1. The Morgan fingerprint density at radius 1 is 1.47 bits per heavy atom. The fourth-order valence-corrected chi connectivity index (χ4v) is 1.49. The van der Waals surface area contributed by atoms with Gasteiger partial charge in [0.05, 0.1) is 12.0 Å². The molecule has 0 aliphatic heterocycles. The highest BCUT2D eigenvalue weighted by molar-refractivity contribution is 5.89. The molecule has 17 heavy (non-hydrogen) atoms. The largest absolute Gasteiger partial charge is 0.499 e. The van der Waals surface area contributed by atoms with Crippen LogP contribution in [0, 0.1) is 10.1 Å². The van der Waals surface area contributed by atoms with Crippen molar-refractivity contribution in [2.24, 2.45) is 0 Å². The van der Waals surface area contributed by atoms with Crippen molar-refractivity contribution >= 4 is 16.7 Å². The van der Waals surface area contributed by atoms with Gasteiger partial charge in [-0.1, -0.05) is 0 Å². The minimum Gasteiger partial charge on any atom is -0.499 e. The number of hydrogen-bond acceptors (Lipinski definition) is 6. The highest BCUT2D eigenvalue weighted by Crippen LogP contribution is 2.41. The van der Waals surface area contributed by atoms with Crippen LogP contribution in [0.4, 0.5) is 5.69 Å². The highest BCUT2D eigenvalue weighted by atomic mass is 16.6. The van der Waals surface area contributed by atoms with Crippen LogP contribution >= 0.6 is 0 Å². The third-order valence-electron chi connectivity index (χ3n) is 2.23. The standard InChI is InChI=1S/C10H7NO6/c1-16-6-4-5-2-3-7(12)17-10(5)9(13)8(6)11(14)15/h2-4,13H,1H3. The molecular weight excluding hydrogens is 230 g/mol. The molecule has 1 heterocycles. The average Bonchev–Trinajstić information content (AvgIpc) is 2.29. The summed E-state index contributed by atoms with van der Waals surface area (Å²) in [5, 5.41) is 20.8. The minimum absolute atomic E-state index is 0.103. The second kappa shape index (κ2) is 3.78. The molecule has 0 atom stereocenters. The zero-order valence-corrected chi connectivity index (χ0v) is 8.67. The molecule has 0 aliphatic rings. The quantitative estimate of drug-likeness (QED) is 0.481. The molecule has 0 bridgehead atoms. The van der Waals surface area contributed by atoms with Crippen LogP contribution in [0.25, 0.3) is 11.0 Å². The summed E-state index contributed by atoms with van der Waals surface area (Å²) in [6.45, 7) is 0. The molecule has 0 saturated heterocycles. The summed E-state index contributed by atoms with van der Waals surface area (Å²) in [7, 11) is 1.24. The Balaban J connectivity index is 2.93. The van der Waals surface area contributed by atoms with E-state index >= 15 is 0 Å². The lowest BCUT2D eigenvalue weighted by atomic mass is 10.2. The maximum Gasteiger partial charge on any atom is 0.356 e. The predicted octanol–water partition coefficient (Wildman–Crippen LogP) is 1.42. The van der Waals surface area contributed by atoms with Crippen LogP contribution in [-0.2, 0) is 0 Å². The van der Waals surface area contributed by atoms with Crippen LogP contribution < -0.4 is 10.4 Å². The Morgan fingerprint density at radius 3 is 2.76 bits per heavy atom. The molecule has 0 unspecified atom stereocenters. The summed E-state index contributed by atoms with van der Waals surface area (Å²) in [6, 6.07) is 3.84. The lowest BCUT2D eigenvalue weighted by Crippen LogP contribution is -1.98. The summed E-state index contributed by atoms with van der Waals surface area (Å²) in [5.74, 6) is -0.823. The van der Waals surface area contributed by atoms with E-state index in [-0.39, 0.29) is 11.3 Å². The van der Waals surface area contributed by atoms with Gasteiger partial charge in [-0.05, 0) is 12.1 Å². The van der Waals surface area contributed by atoms with Gasteiger partial charge in [0, 0.05) is 11.5 Å². The third-order valence-corrected chi connectivity index (χ3v) is 2.23. The minimum atomic E-state index is -0.805. The average molecular weight is 237 g/mol. The molecule has 7 heteroatoms. The van der Waals surface area contributed by atoms with Crippen molar-refractivity contribution in [2.45, 2.75) is 0 Å². The summed E-state index contributed by atoms with van der Waals surface area (Å²) < 4.78 is 9.52. The van der Waals surface area contributed by atoms with E-state index < -0.39 is 22.0 Å². The van der Waals surface area contributed by atoms with E-state index in [0.29, 0.717) is 5.39 Å². The number of hydrogen-bond donors (Lipinski definition) is 1. The van der Waals surface area contributed by atoms with Crippen LogP contribution in [0.5, 0.6) is 11.5 Å². The number of nitro benzene ring substituents is 1. The smallest absolute Gasteiger partial charge is 0.356 e. The molecule has 0 spiro atoms. The van der Waals surface area contributed by atoms with Crippen molar-refractivity contribution in [3.8, 4) is 11.5 Å². The molecule has 88 valence electrons. The maximum absolute atomic E-state index is 11.0. The number of phenols is 1. The number of methoxy groups -OCH3 is 1. The van der Waals surface area contributed by atoms with E-state index in [1.165, 1.54) is 19.2 Å². The van der Waals surface area contributed by atoms with Crippen molar-refractivity contribution in [3.05, 3.63) is 38.7 Å². The first-order valence-corrected chi connectivity index (χ1v) is 4.53. The van der Waals surface area contributed by atoms with Gasteiger partial charge in [-0.15, -0.1) is 0 Å². The Bertz CT molecular complexity index is 660. The van der Waals surface area contributed by atoms with Crippen molar-refractivity contribution < 1.29 is 19.2 Å². The topological polar surface area (TPSA) is 103 Å². The van der Waals surface area contributed by atoms with E-state index in [1.807, 2.05) is 0 Å². The molecule has 1 aromatic carbocycles. The zero-order valence-electron chi connectivity index (χ0n) is 8.67. The Morgan fingerprint density at radius 2 is 2.18 bits per heavy atom. The van der Waals surface area contributed by atoms with E-state index in [1.54, 1.807) is 0 Å². The van der Waals surface area contributed by atoms with Crippen molar-refractivity contribution in [1.29, 1.82) is 0 Å². The van der Waals surface area contributed by atoms with E-state index in [4.69, 9.17) is 9.15 Å². The van der Waals surface area contributed by atoms with Crippen LogP contribution in [0.15, 0.2) is 27.4 Å². The number of fused-ring (bicyclic) bond motifs is 1. The highest BCUT2D eigenvalue weighted by Gasteiger charge is 2.25. The van der Waals surface area contributed by atoms with Crippen molar-refractivity contribution in [1.82, 2.24) is 0 Å².